The van der Waals surface area contributed by atoms with E-state index in [4.69, 9.17) is 11.6 Å². The number of hydrogen-bond acceptors (Lipinski definition) is 5. The molecule has 0 unspecified atom stereocenters. The van der Waals surface area contributed by atoms with Crippen molar-refractivity contribution >= 4 is 39.8 Å². The zero-order valence-corrected chi connectivity index (χ0v) is 19.2. The summed E-state index contributed by atoms with van der Waals surface area (Å²) in [6.07, 6.45) is 0. The molecule has 1 fully saturated rings. The molecule has 1 saturated heterocycles. The van der Waals surface area contributed by atoms with Crippen LogP contribution in [0.2, 0.25) is 5.02 Å². The van der Waals surface area contributed by atoms with Gasteiger partial charge in [0.25, 0.3) is 5.91 Å². The Morgan fingerprint density at radius 2 is 1.59 bits per heavy atom. The summed E-state index contributed by atoms with van der Waals surface area (Å²) in [5.41, 5.74) is 2.19. The molecule has 34 heavy (non-hydrogen) atoms. The number of nitrogens with zero attached hydrogens (tertiary/aromatic N) is 4. The van der Waals surface area contributed by atoms with Gasteiger partial charge in [-0.05, 0) is 35.9 Å². The van der Waals surface area contributed by atoms with Gasteiger partial charge in [-0.3, -0.25) is 4.79 Å². The first-order chi connectivity index (χ1) is 16.6. The Hall–Kier alpha value is -3.71. The largest absolute Gasteiger partial charge is 0.368 e. The van der Waals surface area contributed by atoms with E-state index in [1.54, 1.807) is 12.1 Å². The van der Waals surface area contributed by atoms with Crippen LogP contribution >= 0.6 is 11.6 Å². The van der Waals surface area contributed by atoms with Crippen LogP contribution < -0.4 is 15.1 Å². The summed E-state index contributed by atoms with van der Waals surface area (Å²) in [4.78, 5) is 17.4. The maximum atomic E-state index is 13.1. The van der Waals surface area contributed by atoms with E-state index in [0.29, 0.717) is 0 Å². The molecule has 6 nitrogen and oxygen atoms in total. The summed E-state index contributed by atoms with van der Waals surface area (Å²) >= 11 is 6.15. The number of piperazine rings is 1. The van der Waals surface area contributed by atoms with E-state index in [1.807, 2.05) is 42.5 Å². The minimum Gasteiger partial charge on any atom is -0.368 e. The second-order valence-electron chi connectivity index (χ2n) is 8.18. The van der Waals surface area contributed by atoms with Gasteiger partial charge in [0, 0.05) is 54.2 Å². The van der Waals surface area contributed by atoms with Gasteiger partial charge < -0.3 is 15.1 Å². The predicted octanol–water partition coefficient (Wildman–Crippen LogP) is 4.68. The van der Waals surface area contributed by atoms with Crippen molar-refractivity contribution in [2.45, 2.75) is 6.54 Å². The van der Waals surface area contributed by atoms with E-state index >= 15 is 0 Å². The summed E-state index contributed by atoms with van der Waals surface area (Å²) in [5.74, 6) is 0.151. The third-order valence-corrected chi connectivity index (χ3v) is 6.24. The Bertz CT molecular complexity index is 1320. The van der Waals surface area contributed by atoms with Crippen LogP contribution in [0.4, 0.5) is 15.9 Å². The molecule has 1 N–H and O–H groups in total. The lowest BCUT2D eigenvalue weighted by atomic mass is 10.1. The number of benzene rings is 3. The zero-order valence-electron chi connectivity index (χ0n) is 18.4. The van der Waals surface area contributed by atoms with Gasteiger partial charge in [0.15, 0.2) is 11.5 Å². The van der Waals surface area contributed by atoms with Crippen LogP contribution in [0.15, 0.2) is 72.8 Å². The predicted molar refractivity (Wildman–Crippen MR) is 133 cm³/mol. The molecule has 0 bridgehead atoms. The molecule has 0 aliphatic carbocycles. The van der Waals surface area contributed by atoms with E-state index in [2.05, 4.69) is 31.4 Å². The van der Waals surface area contributed by atoms with E-state index in [9.17, 15) is 9.18 Å². The highest BCUT2D eigenvalue weighted by Gasteiger charge is 2.23. The number of carbonyl (C=O) groups excluding carboxylic acids is 1. The first-order valence-electron chi connectivity index (χ1n) is 11.1. The van der Waals surface area contributed by atoms with Gasteiger partial charge in [-0.25, -0.2) is 4.39 Å². The highest BCUT2D eigenvalue weighted by molar-refractivity contribution is 6.30. The number of carbonyl (C=O) groups is 1. The molecule has 3 aromatic carbocycles. The fraction of sp³-hybridized carbons (Fsp3) is 0.192. The van der Waals surface area contributed by atoms with E-state index < -0.39 is 0 Å². The molecule has 1 amide bonds. The van der Waals surface area contributed by atoms with Gasteiger partial charge in [-0.2, -0.15) is 0 Å². The number of aromatic nitrogens is 2. The summed E-state index contributed by atoms with van der Waals surface area (Å²) in [7, 11) is 0. The van der Waals surface area contributed by atoms with Crippen LogP contribution in [0.25, 0.3) is 10.8 Å². The van der Waals surface area contributed by atoms with Crippen molar-refractivity contribution in [1.82, 2.24) is 15.5 Å². The van der Waals surface area contributed by atoms with Crippen LogP contribution in [0.3, 0.4) is 0 Å². The highest BCUT2D eigenvalue weighted by atomic mass is 35.5. The minimum absolute atomic E-state index is 0.277. The second-order valence-corrected chi connectivity index (χ2v) is 8.62. The number of rotatable bonds is 5. The van der Waals surface area contributed by atoms with Gasteiger partial charge >= 0.3 is 0 Å². The summed E-state index contributed by atoms with van der Waals surface area (Å²) < 4.78 is 13.1. The molecule has 1 aliphatic rings. The standard InChI is InChI=1S/C26H23ClFN5O/c27-19-4-3-5-21(16-19)32-12-14-33(15-13-32)25-23-7-2-1-6-22(23)24(30-31-25)26(34)29-17-18-8-10-20(28)11-9-18/h1-11,16H,12-15,17H2,(H,29,34). The maximum Gasteiger partial charge on any atom is 0.272 e. The summed E-state index contributed by atoms with van der Waals surface area (Å²) in [5, 5.41) is 14.0. The minimum atomic E-state index is -0.314. The fourth-order valence-corrected chi connectivity index (χ4v) is 4.39. The van der Waals surface area contributed by atoms with Crippen molar-refractivity contribution in [2.24, 2.45) is 0 Å². The van der Waals surface area contributed by atoms with Gasteiger partial charge in [0.2, 0.25) is 0 Å². The summed E-state index contributed by atoms with van der Waals surface area (Å²) in [6.45, 7) is 3.50. The molecular weight excluding hydrogens is 453 g/mol. The van der Waals surface area contributed by atoms with Crippen LogP contribution in [0.1, 0.15) is 16.1 Å². The van der Waals surface area contributed by atoms with Crippen molar-refractivity contribution in [3.8, 4) is 0 Å². The maximum absolute atomic E-state index is 13.1. The lowest BCUT2D eigenvalue weighted by Gasteiger charge is -2.37. The molecule has 4 aromatic rings. The van der Waals surface area contributed by atoms with Crippen molar-refractivity contribution < 1.29 is 9.18 Å². The highest BCUT2D eigenvalue weighted by Crippen LogP contribution is 2.28. The number of hydrogen-bond donors (Lipinski definition) is 1. The molecule has 0 atom stereocenters. The Morgan fingerprint density at radius 1 is 0.882 bits per heavy atom. The topological polar surface area (TPSA) is 61.4 Å². The molecule has 172 valence electrons. The number of anilines is 2. The second kappa shape index (κ2) is 9.65. The Morgan fingerprint density at radius 3 is 2.32 bits per heavy atom. The first kappa shape index (κ1) is 22.1. The average molecular weight is 476 g/mol. The number of halogens is 2. The SMILES string of the molecule is O=C(NCc1ccc(F)cc1)c1nnc(N2CCN(c3cccc(Cl)c3)CC2)c2ccccc12. The Labute approximate surface area is 202 Å². The Kier molecular flexibility index (Phi) is 6.27. The fourth-order valence-electron chi connectivity index (χ4n) is 4.21. The molecule has 0 spiro atoms. The zero-order chi connectivity index (χ0) is 23.5. The molecule has 0 radical (unpaired) electrons. The van der Waals surface area contributed by atoms with Crippen LogP contribution in [-0.4, -0.2) is 42.3 Å². The van der Waals surface area contributed by atoms with Crippen molar-refractivity contribution in [3.63, 3.8) is 0 Å². The van der Waals surface area contributed by atoms with Crippen LogP contribution in [0, 0.1) is 5.82 Å². The quantitative estimate of drug-likeness (QED) is 0.454. The molecule has 1 aromatic heterocycles. The van der Waals surface area contributed by atoms with Gasteiger partial charge in [-0.1, -0.05) is 54.1 Å². The van der Waals surface area contributed by atoms with E-state index in [0.717, 1.165) is 59.0 Å². The number of amides is 1. The monoisotopic (exact) mass is 475 g/mol. The molecular formula is C26H23ClFN5O. The van der Waals surface area contributed by atoms with E-state index in [-0.39, 0.29) is 24.0 Å². The molecule has 8 heteroatoms. The number of fused-ring (bicyclic) bond motifs is 1. The van der Waals surface area contributed by atoms with Crippen molar-refractivity contribution in [1.29, 1.82) is 0 Å². The van der Waals surface area contributed by atoms with Crippen LogP contribution in [0.5, 0.6) is 0 Å². The first-order valence-corrected chi connectivity index (χ1v) is 11.5. The van der Waals surface area contributed by atoms with Crippen LogP contribution in [-0.2, 0) is 6.54 Å². The Balaban J connectivity index is 1.33. The average Bonchev–Trinajstić information content (AvgIpc) is 2.88. The third kappa shape index (κ3) is 4.65. The third-order valence-electron chi connectivity index (χ3n) is 6.00. The van der Waals surface area contributed by atoms with Crippen molar-refractivity contribution in [2.75, 3.05) is 36.0 Å². The lowest BCUT2D eigenvalue weighted by molar-refractivity contribution is 0.0947. The smallest absolute Gasteiger partial charge is 0.272 e. The normalized spacial score (nSPS) is 13.8. The molecule has 1 aliphatic heterocycles. The number of nitrogens with one attached hydrogen (secondary N) is 1. The molecule has 2 heterocycles. The molecule has 5 rings (SSSR count). The lowest BCUT2D eigenvalue weighted by Crippen LogP contribution is -2.47. The van der Waals surface area contributed by atoms with Gasteiger partial charge in [-0.15, -0.1) is 10.2 Å². The van der Waals surface area contributed by atoms with Gasteiger partial charge in [0.1, 0.15) is 5.82 Å². The van der Waals surface area contributed by atoms with Gasteiger partial charge in [0.05, 0.1) is 0 Å². The van der Waals surface area contributed by atoms with Crippen molar-refractivity contribution in [3.05, 3.63) is 94.9 Å². The molecule has 0 saturated carbocycles. The van der Waals surface area contributed by atoms with E-state index in [1.165, 1.54) is 12.1 Å². The summed E-state index contributed by atoms with van der Waals surface area (Å²) in [6, 6.07) is 21.6.